The molecule has 0 aliphatic carbocycles. The van der Waals surface area contributed by atoms with Crippen molar-refractivity contribution in [3.05, 3.63) is 53.9 Å². The van der Waals surface area contributed by atoms with E-state index in [-0.39, 0.29) is 5.11 Å². The molecule has 0 spiro atoms. The third kappa shape index (κ3) is 7.00. The van der Waals surface area contributed by atoms with Crippen molar-refractivity contribution in [2.24, 2.45) is 4.99 Å². The Morgan fingerprint density at radius 1 is 0.800 bits per heavy atom. The number of ether oxygens (including phenoxy) is 4. The summed E-state index contributed by atoms with van der Waals surface area (Å²) >= 11 is 5.65. The molecule has 1 aromatic heterocycles. The second kappa shape index (κ2) is 13.2. The molecule has 3 aromatic rings. The van der Waals surface area contributed by atoms with Crippen molar-refractivity contribution in [1.82, 2.24) is 14.9 Å². The van der Waals surface area contributed by atoms with Crippen molar-refractivity contribution in [2.75, 3.05) is 70.2 Å². The summed E-state index contributed by atoms with van der Waals surface area (Å²) in [5, 5.41) is 6.72. The highest BCUT2D eigenvalue weighted by Gasteiger charge is 2.22. The monoisotopic (exact) mass is 565 g/mol. The molecule has 2 aromatic carbocycles. The fourth-order valence-corrected chi connectivity index (χ4v) is 4.63. The van der Waals surface area contributed by atoms with Crippen LogP contribution in [0.1, 0.15) is 11.4 Å². The lowest BCUT2D eigenvalue weighted by Crippen LogP contribution is -2.51. The molecule has 0 atom stereocenters. The molecular formula is C28H35N7O4S. The number of nitrogens with one attached hydrogen (secondary N) is 2. The molecule has 4 rings (SSSR count). The average molecular weight is 566 g/mol. The highest BCUT2D eigenvalue weighted by atomic mass is 32.1. The van der Waals surface area contributed by atoms with Crippen LogP contribution in [0.4, 0.5) is 17.3 Å². The molecule has 1 fully saturated rings. The van der Waals surface area contributed by atoms with Crippen molar-refractivity contribution in [3.8, 4) is 23.0 Å². The van der Waals surface area contributed by atoms with Gasteiger partial charge in [0, 0.05) is 61.1 Å². The molecule has 40 heavy (non-hydrogen) atoms. The molecule has 1 aliphatic rings. The Morgan fingerprint density at radius 3 is 1.93 bits per heavy atom. The molecule has 11 nitrogen and oxygen atoms in total. The molecule has 0 amide bonds. The van der Waals surface area contributed by atoms with Gasteiger partial charge in [0.2, 0.25) is 22.8 Å². The van der Waals surface area contributed by atoms with Gasteiger partial charge in [-0.25, -0.2) is 9.97 Å². The van der Waals surface area contributed by atoms with Gasteiger partial charge in [-0.2, -0.15) is 4.99 Å². The van der Waals surface area contributed by atoms with E-state index in [0.717, 1.165) is 49.0 Å². The third-order valence-electron chi connectivity index (χ3n) is 6.35. The van der Waals surface area contributed by atoms with Gasteiger partial charge in [0.05, 0.1) is 28.4 Å². The summed E-state index contributed by atoms with van der Waals surface area (Å²) in [6.07, 6.45) is 0. The maximum Gasteiger partial charge on any atom is 0.229 e. The lowest BCUT2D eigenvalue weighted by atomic mass is 10.2. The van der Waals surface area contributed by atoms with Crippen LogP contribution in [-0.4, -0.2) is 80.6 Å². The number of thiocarbonyl (C=S) groups is 1. The van der Waals surface area contributed by atoms with E-state index < -0.39 is 0 Å². The number of nitrogens with zero attached hydrogens (tertiary/aromatic N) is 5. The fourth-order valence-electron chi connectivity index (χ4n) is 4.43. The predicted molar refractivity (Wildman–Crippen MR) is 162 cm³/mol. The highest BCUT2D eigenvalue weighted by Crippen LogP contribution is 2.40. The van der Waals surface area contributed by atoms with Crippen molar-refractivity contribution in [3.63, 3.8) is 0 Å². The number of methoxy groups -OCH3 is 4. The number of aliphatic imine (C=N–C) groups is 1. The summed E-state index contributed by atoms with van der Waals surface area (Å²) in [6.45, 7) is 6.90. The number of piperazine rings is 1. The largest absolute Gasteiger partial charge is 0.497 e. The minimum atomic E-state index is 0.249. The minimum absolute atomic E-state index is 0.249. The zero-order valence-electron chi connectivity index (χ0n) is 23.6. The first-order chi connectivity index (χ1) is 19.3. The molecule has 12 heteroatoms. The molecule has 2 heterocycles. The summed E-state index contributed by atoms with van der Waals surface area (Å²) in [7, 11) is 6.36. The van der Waals surface area contributed by atoms with E-state index in [1.165, 1.54) is 0 Å². The van der Waals surface area contributed by atoms with Crippen molar-refractivity contribution in [2.45, 2.75) is 13.8 Å². The summed E-state index contributed by atoms with van der Waals surface area (Å²) in [4.78, 5) is 18.3. The Hall–Kier alpha value is -4.32. The van der Waals surface area contributed by atoms with E-state index in [9.17, 15) is 0 Å². The molecule has 1 aliphatic heterocycles. The van der Waals surface area contributed by atoms with E-state index in [2.05, 4.69) is 42.5 Å². The maximum atomic E-state index is 5.65. The molecule has 0 unspecified atom stereocenters. The molecule has 0 radical (unpaired) electrons. The minimum Gasteiger partial charge on any atom is -0.497 e. The first kappa shape index (κ1) is 28.7. The molecule has 1 saturated heterocycles. The van der Waals surface area contributed by atoms with Gasteiger partial charge in [-0.05, 0) is 56.4 Å². The Labute approximate surface area is 240 Å². The van der Waals surface area contributed by atoms with Crippen LogP contribution in [0.15, 0.2) is 47.5 Å². The molecule has 212 valence electrons. The number of aryl methyl sites for hydroxylation is 2. The Bertz CT molecular complexity index is 1310. The smallest absolute Gasteiger partial charge is 0.229 e. The van der Waals surface area contributed by atoms with Crippen LogP contribution < -0.4 is 34.5 Å². The second-order valence-corrected chi connectivity index (χ2v) is 9.44. The fraction of sp³-hybridized carbons (Fsp3) is 0.357. The Kier molecular flexibility index (Phi) is 9.43. The molecule has 0 saturated carbocycles. The van der Waals surface area contributed by atoms with Gasteiger partial charge in [-0.3, -0.25) is 5.32 Å². The predicted octanol–water partition coefficient (Wildman–Crippen LogP) is 4.11. The van der Waals surface area contributed by atoms with E-state index in [1.807, 2.05) is 32.0 Å². The number of guanidine groups is 1. The van der Waals surface area contributed by atoms with Gasteiger partial charge < -0.3 is 34.1 Å². The number of anilines is 3. The van der Waals surface area contributed by atoms with Crippen LogP contribution in [0, 0.1) is 13.8 Å². The maximum absolute atomic E-state index is 5.65. The second-order valence-electron chi connectivity index (χ2n) is 9.05. The number of benzene rings is 2. The molecule has 2 N–H and O–H groups in total. The van der Waals surface area contributed by atoms with Crippen LogP contribution in [0.3, 0.4) is 0 Å². The summed E-state index contributed by atoms with van der Waals surface area (Å²) in [6, 6.07) is 13.6. The van der Waals surface area contributed by atoms with Crippen LogP contribution in [-0.2, 0) is 0 Å². The topological polar surface area (TPSA) is 106 Å². The zero-order chi connectivity index (χ0) is 28.6. The van der Waals surface area contributed by atoms with Crippen LogP contribution >= 0.6 is 12.2 Å². The number of rotatable bonds is 7. The van der Waals surface area contributed by atoms with E-state index >= 15 is 0 Å². The van der Waals surface area contributed by atoms with Crippen LogP contribution in [0.25, 0.3) is 0 Å². The van der Waals surface area contributed by atoms with Gasteiger partial charge in [-0.15, -0.1) is 0 Å². The molecule has 0 bridgehead atoms. The number of hydrogen-bond donors (Lipinski definition) is 2. The lowest BCUT2D eigenvalue weighted by Gasteiger charge is -2.37. The van der Waals surface area contributed by atoms with E-state index in [1.54, 1.807) is 40.6 Å². The van der Waals surface area contributed by atoms with Gasteiger partial charge >= 0.3 is 0 Å². The van der Waals surface area contributed by atoms with Gasteiger partial charge in [0.15, 0.2) is 11.5 Å². The first-order valence-corrected chi connectivity index (χ1v) is 13.2. The SMILES string of the molecule is COc1ccc(N2CCN(/C(=N\C(=S)Nc3cc(OC)c(OC)c(OC)c3)Nc3nc(C)cc(C)n3)CC2)cc1. The number of aromatic nitrogens is 2. The van der Waals surface area contributed by atoms with Gasteiger partial charge in [0.1, 0.15) is 5.75 Å². The highest BCUT2D eigenvalue weighted by molar-refractivity contribution is 7.80. The Morgan fingerprint density at radius 2 is 1.40 bits per heavy atom. The normalized spacial score (nSPS) is 13.5. The van der Waals surface area contributed by atoms with Crippen LogP contribution in [0.5, 0.6) is 23.0 Å². The molecular weight excluding hydrogens is 530 g/mol. The van der Waals surface area contributed by atoms with E-state index in [0.29, 0.717) is 34.8 Å². The van der Waals surface area contributed by atoms with Gasteiger partial charge in [-0.1, -0.05) is 0 Å². The summed E-state index contributed by atoms with van der Waals surface area (Å²) < 4.78 is 21.6. The van der Waals surface area contributed by atoms with Gasteiger partial charge in [0.25, 0.3) is 0 Å². The quantitative estimate of drug-likeness (QED) is 0.246. The van der Waals surface area contributed by atoms with Crippen molar-refractivity contribution < 1.29 is 18.9 Å². The average Bonchev–Trinajstić information content (AvgIpc) is 2.95. The first-order valence-electron chi connectivity index (χ1n) is 12.8. The van der Waals surface area contributed by atoms with Crippen molar-refractivity contribution in [1.29, 1.82) is 0 Å². The summed E-state index contributed by atoms with van der Waals surface area (Å²) in [5.41, 5.74) is 3.51. The number of hydrogen-bond acceptors (Lipinski definition) is 8. The van der Waals surface area contributed by atoms with Crippen LogP contribution in [0.2, 0.25) is 0 Å². The third-order valence-corrected chi connectivity index (χ3v) is 6.54. The lowest BCUT2D eigenvalue weighted by molar-refractivity contribution is 0.324. The standard InChI is InChI=1S/C28H35N7O4S/c1-18-15-19(2)30-26(29-18)32-27(35-13-11-34(12-14-35)21-7-9-22(36-3)10-8-21)33-28(40)31-20-16-23(37-4)25(39-6)24(17-20)38-5/h7-10,15-17H,11-14H2,1-6H3,(H2,29,30,31,32,33,40). The zero-order valence-corrected chi connectivity index (χ0v) is 24.5. The Balaban J connectivity index is 1.56. The van der Waals surface area contributed by atoms with Crippen molar-refractivity contribution >= 4 is 40.6 Å². The van der Waals surface area contributed by atoms with E-state index in [4.69, 9.17) is 36.2 Å². The summed E-state index contributed by atoms with van der Waals surface area (Å²) in [5.74, 6) is 3.37.